The lowest BCUT2D eigenvalue weighted by Gasteiger charge is -2.31. The molecular weight excluding hydrogens is 487 g/mol. The SMILES string of the molecule is CCOc1cc(F)c(CN2CCSc3cc(C(=O)NCc4c(F)cc(F)cc4F)ccc32)c(F)c1. The Morgan fingerprint density at radius 3 is 2.29 bits per heavy atom. The standard InChI is InChI=1S/C25H21F5N2O2S/c1-2-34-16-10-21(29)18(22(30)11-16)13-32-5-6-35-24-7-14(3-4-23(24)32)25(33)31-12-17-19(27)8-15(26)9-20(17)28/h3-4,7-11H,2,5-6,12-13H2,1H3,(H,31,33). The molecule has 0 fully saturated rings. The minimum absolute atomic E-state index is 0.00764. The normalized spacial score (nSPS) is 12.9. The number of benzene rings is 3. The predicted octanol–water partition coefficient (Wildman–Crippen LogP) is 5.82. The number of amides is 1. The van der Waals surface area contributed by atoms with Crippen molar-refractivity contribution in [2.45, 2.75) is 24.9 Å². The van der Waals surface area contributed by atoms with E-state index < -0.39 is 47.1 Å². The van der Waals surface area contributed by atoms with Gasteiger partial charge >= 0.3 is 0 Å². The lowest BCUT2D eigenvalue weighted by molar-refractivity contribution is 0.0950. The number of nitrogens with zero attached hydrogens (tertiary/aromatic N) is 1. The Kier molecular flexibility index (Phi) is 7.49. The Morgan fingerprint density at radius 2 is 1.63 bits per heavy atom. The van der Waals surface area contributed by atoms with Crippen LogP contribution in [0.5, 0.6) is 5.75 Å². The van der Waals surface area contributed by atoms with Crippen molar-refractivity contribution in [3.63, 3.8) is 0 Å². The quantitative estimate of drug-likeness (QED) is 0.408. The monoisotopic (exact) mass is 508 g/mol. The van der Waals surface area contributed by atoms with Crippen molar-refractivity contribution >= 4 is 23.4 Å². The molecule has 0 radical (unpaired) electrons. The average molecular weight is 509 g/mol. The van der Waals surface area contributed by atoms with Crippen LogP contribution < -0.4 is 15.0 Å². The number of fused-ring (bicyclic) bond motifs is 1. The van der Waals surface area contributed by atoms with E-state index >= 15 is 0 Å². The second-order valence-electron chi connectivity index (χ2n) is 7.78. The third kappa shape index (κ3) is 5.53. The molecule has 3 aromatic carbocycles. The summed E-state index contributed by atoms with van der Waals surface area (Å²) in [5.74, 6) is -4.45. The van der Waals surface area contributed by atoms with Crippen LogP contribution in [0.4, 0.5) is 27.6 Å². The van der Waals surface area contributed by atoms with Gasteiger partial charge in [0, 0.05) is 71.2 Å². The minimum atomic E-state index is -1.09. The fraction of sp³-hybridized carbons (Fsp3) is 0.240. The summed E-state index contributed by atoms with van der Waals surface area (Å²) in [5.41, 5.74) is 0.426. The molecule has 1 N–H and O–H groups in total. The van der Waals surface area contributed by atoms with Crippen LogP contribution in [0.15, 0.2) is 47.4 Å². The Bertz CT molecular complexity index is 1220. The van der Waals surface area contributed by atoms with E-state index in [1.54, 1.807) is 19.1 Å². The first kappa shape index (κ1) is 24.8. The highest BCUT2D eigenvalue weighted by molar-refractivity contribution is 7.99. The van der Waals surface area contributed by atoms with Crippen LogP contribution in [-0.2, 0) is 13.1 Å². The van der Waals surface area contributed by atoms with E-state index in [4.69, 9.17) is 4.74 Å². The van der Waals surface area contributed by atoms with Gasteiger partial charge in [0.25, 0.3) is 5.91 Å². The maximum atomic E-state index is 14.6. The second kappa shape index (κ2) is 10.6. The van der Waals surface area contributed by atoms with Gasteiger partial charge in [-0.1, -0.05) is 0 Å². The zero-order valence-corrected chi connectivity index (χ0v) is 19.5. The third-order valence-electron chi connectivity index (χ3n) is 5.49. The molecule has 184 valence electrons. The van der Waals surface area contributed by atoms with Crippen molar-refractivity contribution in [2.24, 2.45) is 0 Å². The van der Waals surface area contributed by atoms with E-state index in [0.717, 1.165) is 17.0 Å². The van der Waals surface area contributed by atoms with E-state index in [0.29, 0.717) is 36.7 Å². The first-order valence-electron chi connectivity index (χ1n) is 10.8. The van der Waals surface area contributed by atoms with Gasteiger partial charge in [0.15, 0.2) is 0 Å². The predicted molar refractivity (Wildman–Crippen MR) is 123 cm³/mol. The third-order valence-corrected chi connectivity index (χ3v) is 6.51. The van der Waals surface area contributed by atoms with Gasteiger partial charge in [-0.15, -0.1) is 11.8 Å². The molecule has 0 atom stereocenters. The summed E-state index contributed by atoms with van der Waals surface area (Å²) in [5, 5.41) is 2.43. The van der Waals surface area contributed by atoms with Gasteiger partial charge < -0.3 is 15.0 Å². The second-order valence-corrected chi connectivity index (χ2v) is 8.92. The highest BCUT2D eigenvalue weighted by atomic mass is 32.2. The average Bonchev–Trinajstić information content (AvgIpc) is 2.80. The van der Waals surface area contributed by atoms with Crippen molar-refractivity contribution in [2.75, 3.05) is 23.8 Å². The molecule has 1 aliphatic rings. The maximum Gasteiger partial charge on any atom is 0.251 e. The molecule has 3 aromatic rings. The number of rotatable bonds is 7. The van der Waals surface area contributed by atoms with E-state index in [9.17, 15) is 26.7 Å². The number of hydrogen-bond donors (Lipinski definition) is 1. The number of halogens is 5. The number of hydrogen-bond acceptors (Lipinski definition) is 4. The van der Waals surface area contributed by atoms with Crippen molar-refractivity contribution in [1.29, 1.82) is 0 Å². The number of nitrogens with one attached hydrogen (secondary N) is 1. The summed E-state index contributed by atoms with van der Waals surface area (Å²) in [6.45, 7) is 2.09. The molecule has 35 heavy (non-hydrogen) atoms. The van der Waals surface area contributed by atoms with Crippen LogP contribution in [0, 0.1) is 29.1 Å². The van der Waals surface area contributed by atoms with Gasteiger partial charge in [0.05, 0.1) is 12.3 Å². The van der Waals surface area contributed by atoms with Crippen molar-refractivity contribution in [3.05, 3.63) is 88.2 Å². The highest BCUT2D eigenvalue weighted by Crippen LogP contribution is 2.37. The van der Waals surface area contributed by atoms with Gasteiger partial charge in [0.1, 0.15) is 34.8 Å². The lowest BCUT2D eigenvalue weighted by Crippen LogP contribution is -2.30. The van der Waals surface area contributed by atoms with E-state index in [1.165, 1.54) is 17.8 Å². The Balaban J connectivity index is 1.50. The van der Waals surface area contributed by atoms with Crippen LogP contribution in [-0.4, -0.2) is 24.8 Å². The molecule has 1 aliphatic heterocycles. The van der Waals surface area contributed by atoms with Gasteiger partial charge in [0.2, 0.25) is 0 Å². The number of carbonyl (C=O) groups is 1. The molecule has 0 unspecified atom stereocenters. The van der Waals surface area contributed by atoms with Gasteiger partial charge in [-0.25, -0.2) is 22.0 Å². The molecule has 10 heteroatoms. The number of ether oxygens (including phenoxy) is 1. The summed E-state index contributed by atoms with van der Waals surface area (Å²) < 4.78 is 75.0. The van der Waals surface area contributed by atoms with Gasteiger partial charge in [-0.3, -0.25) is 4.79 Å². The van der Waals surface area contributed by atoms with E-state index in [2.05, 4.69) is 5.32 Å². The van der Waals surface area contributed by atoms with Crippen molar-refractivity contribution < 1.29 is 31.5 Å². The molecule has 1 amide bonds. The summed E-state index contributed by atoms with van der Waals surface area (Å²) in [6, 6.07) is 8.21. The van der Waals surface area contributed by atoms with Crippen LogP contribution in [0.3, 0.4) is 0 Å². The molecule has 0 saturated carbocycles. The largest absolute Gasteiger partial charge is 0.494 e. The maximum absolute atomic E-state index is 14.6. The Labute approximate surface area is 203 Å². The number of thioether (sulfide) groups is 1. The van der Waals surface area contributed by atoms with E-state index in [1.807, 2.05) is 4.90 Å². The summed E-state index contributed by atoms with van der Waals surface area (Å²) in [6.07, 6.45) is 0. The smallest absolute Gasteiger partial charge is 0.251 e. The first-order valence-corrected chi connectivity index (χ1v) is 11.8. The molecule has 0 bridgehead atoms. The van der Waals surface area contributed by atoms with Crippen LogP contribution in [0.1, 0.15) is 28.4 Å². The van der Waals surface area contributed by atoms with Crippen molar-refractivity contribution in [1.82, 2.24) is 5.32 Å². The zero-order valence-electron chi connectivity index (χ0n) is 18.6. The van der Waals surface area contributed by atoms with Crippen molar-refractivity contribution in [3.8, 4) is 5.75 Å². The summed E-state index contributed by atoms with van der Waals surface area (Å²) >= 11 is 1.48. The number of anilines is 1. The Hall–Kier alpha value is -3.27. The molecular formula is C25H21F5N2O2S. The van der Waals surface area contributed by atoms with Gasteiger partial charge in [-0.05, 0) is 25.1 Å². The fourth-order valence-corrected chi connectivity index (χ4v) is 4.85. The summed E-state index contributed by atoms with van der Waals surface area (Å²) in [7, 11) is 0. The topological polar surface area (TPSA) is 41.6 Å². The lowest BCUT2D eigenvalue weighted by atomic mass is 10.1. The number of carbonyl (C=O) groups excluding carboxylic acids is 1. The molecule has 0 spiro atoms. The Morgan fingerprint density at radius 1 is 0.971 bits per heavy atom. The fourth-order valence-electron chi connectivity index (χ4n) is 3.77. The van der Waals surface area contributed by atoms with Crippen LogP contribution in [0.2, 0.25) is 0 Å². The van der Waals surface area contributed by atoms with Gasteiger partial charge in [-0.2, -0.15) is 0 Å². The highest BCUT2D eigenvalue weighted by Gasteiger charge is 2.23. The first-order chi connectivity index (χ1) is 16.8. The minimum Gasteiger partial charge on any atom is -0.494 e. The molecule has 0 aromatic heterocycles. The summed E-state index contributed by atoms with van der Waals surface area (Å²) in [4.78, 5) is 15.1. The molecule has 0 aliphatic carbocycles. The molecule has 4 nitrogen and oxygen atoms in total. The van der Waals surface area contributed by atoms with Crippen LogP contribution >= 0.6 is 11.8 Å². The molecule has 1 heterocycles. The zero-order chi connectivity index (χ0) is 25.1. The molecule has 4 rings (SSSR count). The van der Waals surface area contributed by atoms with E-state index in [-0.39, 0.29) is 23.4 Å². The van der Waals surface area contributed by atoms with Crippen LogP contribution in [0.25, 0.3) is 0 Å². The molecule has 0 saturated heterocycles.